The molecule has 0 bridgehead atoms. The summed E-state index contributed by atoms with van der Waals surface area (Å²) in [5, 5.41) is 12.7. The molecule has 0 aliphatic rings. The van der Waals surface area contributed by atoms with Crippen LogP contribution in [0.1, 0.15) is 18.1 Å². The summed E-state index contributed by atoms with van der Waals surface area (Å²) in [5.74, 6) is 0.542. The summed E-state index contributed by atoms with van der Waals surface area (Å²) in [6, 6.07) is 13.1. The van der Waals surface area contributed by atoms with Gasteiger partial charge in [-0.15, -0.1) is 0 Å². The largest absolute Gasteiger partial charge is 0.474 e. The lowest BCUT2D eigenvalue weighted by molar-refractivity contribution is -0.137. The number of aliphatic hydroxyl groups excluding tert-OH is 1. The number of hydrogen-bond donors (Lipinski definition) is 3. The van der Waals surface area contributed by atoms with Gasteiger partial charge in [0.2, 0.25) is 0 Å². The van der Waals surface area contributed by atoms with Crippen molar-refractivity contribution in [2.45, 2.75) is 38.0 Å². The van der Waals surface area contributed by atoms with E-state index in [4.69, 9.17) is 10.5 Å². The number of ether oxygens (including phenoxy) is 1. The average Bonchev–Trinajstić information content (AvgIpc) is 2.58. The number of benzene rings is 2. The minimum Gasteiger partial charge on any atom is -0.474 e. The molecule has 136 valence electrons. The standard InChI is InChI=1S/C18H21F3N2O2/c1-12(24)16(22)17(25-15-8-3-2-4-9-15)23-11-13-6-5-7-14(10-13)18(19,20)21/h2-10,12,16-17,23-24H,11,22H2,1H3. The van der Waals surface area contributed by atoms with E-state index in [0.717, 1.165) is 12.1 Å². The zero-order valence-electron chi connectivity index (χ0n) is 13.7. The van der Waals surface area contributed by atoms with Crippen LogP contribution in [0.2, 0.25) is 0 Å². The van der Waals surface area contributed by atoms with E-state index in [9.17, 15) is 18.3 Å². The Morgan fingerprint density at radius 1 is 1.12 bits per heavy atom. The third-order valence-corrected chi connectivity index (χ3v) is 3.67. The first kappa shape index (κ1) is 19.2. The Hall–Kier alpha value is -2.09. The number of rotatable bonds is 7. The molecule has 0 saturated carbocycles. The highest BCUT2D eigenvalue weighted by Crippen LogP contribution is 2.29. The van der Waals surface area contributed by atoms with Gasteiger partial charge in [0.25, 0.3) is 0 Å². The molecule has 0 aromatic heterocycles. The normalized spacial score (nSPS) is 15.4. The molecule has 0 saturated heterocycles. The molecule has 0 amide bonds. The number of para-hydroxylation sites is 1. The number of hydrogen-bond acceptors (Lipinski definition) is 4. The van der Waals surface area contributed by atoms with Crippen LogP contribution in [0.4, 0.5) is 13.2 Å². The van der Waals surface area contributed by atoms with E-state index in [0.29, 0.717) is 11.3 Å². The third-order valence-electron chi connectivity index (χ3n) is 3.67. The predicted molar refractivity (Wildman–Crippen MR) is 88.8 cm³/mol. The first-order valence-electron chi connectivity index (χ1n) is 7.82. The minimum absolute atomic E-state index is 0.113. The molecule has 2 rings (SSSR count). The summed E-state index contributed by atoms with van der Waals surface area (Å²) < 4.78 is 44.1. The molecule has 0 aliphatic carbocycles. The SMILES string of the molecule is CC(O)C(N)C(NCc1cccc(C(F)(F)F)c1)Oc1ccccc1. The Morgan fingerprint density at radius 3 is 2.40 bits per heavy atom. The second-order valence-corrected chi connectivity index (χ2v) is 5.75. The van der Waals surface area contributed by atoms with Crippen molar-refractivity contribution in [1.29, 1.82) is 0 Å². The van der Waals surface area contributed by atoms with E-state index in [2.05, 4.69) is 5.32 Å². The number of halogens is 3. The molecule has 0 spiro atoms. The third kappa shape index (κ3) is 5.74. The van der Waals surface area contributed by atoms with Crippen LogP contribution in [0.3, 0.4) is 0 Å². The zero-order chi connectivity index (χ0) is 18.4. The maximum atomic E-state index is 12.8. The van der Waals surface area contributed by atoms with Crippen LogP contribution < -0.4 is 15.8 Å². The quantitative estimate of drug-likeness (QED) is 0.669. The minimum atomic E-state index is -4.40. The Labute approximate surface area is 144 Å². The lowest BCUT2D eigenvalue weighted by Crippen LogP contribution is -2.53. The second kappa shape index (κ2) is 8.33. The second-order valence-electron chi connectivity index (χ2n) is 5.75. The molecule has 0 radical (unpaired) electrons. The molecule has 25 heavy (non-hydrogen) atoms. The Morgan fingerprint density at radius 2 is 1.80 bits per heavy atom. The van der Waals surface area contributed by atoms with Crippen LogP contribution in [0.15, 0.2) is 54.6 Å². The van der Waals surface area contributed by atoms with Gasteiger partial charge in [-0.3, -0.25) is 5.32 Å². The smallest absolute Gasteiger partial charge is 0.416 e. The zero-order valence-corrected chi connectivity index (χ0v) is 13.7. The van der Waals surface area contributed by atoms with Gasteiger partial charge < -0.3 is 15.6 Å². The van der Waals surface area contributed by atoms with Crippen molar-refractivity contribution in [3.63, 3.8) is 0 Å². The molecule has 4 N–H and O–H groups in total. The van der Waals surface area contributed by atoms with Gasteiger partial charge in [0.05, 0.1) is 17.7 Å². The van der Waals surface area contributed by atoms with Gasteiger partial charge in [-0.1, -0.05) is 36.4 Å². The maximum absolute atomic E-state index is 12.8. The number of alkyl halides is 3. The van der Waals surface area contributed by atoms with Crippen molar-refractivity contribution in [2.75, 3.05) is 0 Å². The molecule has 0 aliphatic heterocycles. The van der Waals surface area contributed by atoms with Crippen molar-refractivity contribution in [3.8, 4) is 5.75 Å². The first-order valence-corrected chi connectivity index (χ1v) is 7.82. The first-order chi connectivity index (χ1) is 11.8. The van der Waals surface area contributed by atoms with Crippen molar-refractivity contribution < 1.29 is 23.0 Å². The van der Waals surface area contributed by atoms with Crippen LogP contribution in [0.25, 0.3) is 0 Å². The molecule has 4 nitrogen and oxygen atoms in total. The topological polar surface area (TPSA) is 67.5 Å². The molecule has 3 atom stereocenters. The van der Waals surface area contributed by atoms with E-state index >= 15 is 0 Å². The summed E-state index contributed by atoms with van der Waals surface area (Å²) in [5.41, 5.74) is 5.68. The van der Waals surface area contributed by atoms with Crippen LogP contribution in [0.5, 0.6) is 5.75 Å². The predicted octanol–water partition coefficient (Wildman–Crippen LogP) is 2.91. The summed E-state index contributed by atoms with van der Waals surface area (Å²) in [4.78, 5) is 0. The molecule has 2 aromatic carbocycles. The molecule has 2 aromatic rings. The Kier molecular flexibility index (Phi) is 6.41. The molecule has 3 unspecified atom stereocenters. The number of aliphatic hydroxyl groups is 1. The highest BCUT2D eigenvalue weighted by Gasteiger charge is 2.30. The summed E-state index contributed by atoms with van der Waals surface area (Å²) in [7, 11) is 0. The van der Waals surface area contributed by atoms with Crippen LogP contribution in [-0.4, -0.2) is 23.5 Å². The summed E-state index contributed by atoms with van der Waals surface area (Å²) in [6.45, 7) is 1.64. The molecular formula is C18H21F3N2O2. The van der Waals surface area contributed by atoms with Gasteiger partial charge in [0, 0.05) is 6.54 Å². The van der Waals surface area contributed by atoms with Crippen molar-refractivity contribution in [2.24, 2.45) is 5.73 Å². The van der Waals surface area contributed by atoms with Crippen LogP contribution >= 0.6 is 0 Å². The Balaban J connectivity index is 2.09. The highest BCUT2D eigenvalue weighted by molar-refractivity contribution is 5.26. The lowest BCUT2D eigenvalue weighted by Gasteiger charge is -2.28. The highest BCUT2D eigenvalue weighted by atomic mass is 19.4. The Bertz CT molecular complexity index is 663. The van der Waals surface area contributed by atoms with E-state index < -0.39 is 30.1 Å². The van der Waals surface area contributed by atoms with E-state index in [1.807, 2.05) is 6.07 Å². The van der Waals surface area contributed by atoms with Gasteiger partial charge in [0.1, 0.15) is 5.75 Å². The van der Waals surface area contributed by atoms with Gasteiger partial charge in [-0.25, -0.2) is 0 Å². The van der Waals surface area contributed by atoms with Gasteiger partial charge in [-0.05, 0) is 30.7 Å². The fourth-order valence-corrected chi connectivity index (χ4v) is 2.23. The fourth-order valence-electron chi connectivity index (χ4n) is 2.23. The fraction of sp³-hybridized carbons (Fsp3) is 0.333. The number of nitrogens with one attached hydrogen (secondary N) is 1. The van der Waals surface area contributed by atoms with Gasteiger partial charge in [-0.2, -0.15) is 13.2 Å². The van der Waals surface area contributed by atoms with Crippen LogP contribution in [0, 0.1) is 0 Å². The van der Waals surface area contributed by atoms with Crippen LogP contribution in [-0.2, 0) is 12.7 Å². The van der Waals surface area contributed by atoms with Crippen molar-refractivity contribution in [3.05, 3.63) is 65.7 Å². The van der Waals surface area contributed by atoms with Crippen molar-refractivity contribution >= 4 is 0 Å². The van der Waals surface area contributed by atoms with E-state index in [1.165, 1.54) is 13.0 Å². The molecule has 7 heteroatoms. The monoisotopic (exact) mass is 354 g/mol. The molecule has 0 heterocycles. The summed E-state index contributed by atoms with van der Waals surface area (Å²) in [6.07, 6.45) is -6.02. The van der Waals surface area contributed by atoms with Gasteiger partial charge in [0.15, 0.2) is 6.23 Å². The average molecular weight is 354 g/mol. The molecular weight excluding hydrogens is 333 g/mol. The van der Waals surface area contributed by atoms with Crippen molar-refractivity contribution in [1.82, 2.24) is 5.32 Å². The maximum Gasteiger partial charge on any atom is 0.416 e. The summed E-state index contributed by atoms with van der Waals surface area (Å²) >= 11 is 0. The van der Waals surface area contributed by atoms with E-state index in [1.54, 1.807) is 30.3 Å². The molecule has 0 fully saturated rings. The lowest BCUT2D eigenvalue weighted by atomic mass is 10.1. The number of nitrogens with two attached hydrogens (primary N) is 1. The van der Waals surface area contributed by atoms with Gasteiger partial charge >= 0.3 is 6.18 Å². The van der Waals surface area contributed by atoms with E-state index in [-0.39, 0.29) is 6.54 Å².